The Labute approximate surface area is 125 Å². The number of nitrogens with one attached hydrogen (secondary N) is 2. The molecule has 1 heterocycles. The SMILES string of the molecule is COC(=O)NC(C(=O)N1CC2(CC2)C[C@H]1C(C)=N)C(C)C. The van der Waals surface area contributed by atoms with E-state index in [9.17, 15) is 9.59 Å². The summed E-state index contributed by atoms with van der Waals surface area (Å²) in [7, 11) is 1.29. The monoisotopic (exact) mass is 295 g/mol. The van der Waals surface area contributed by atoms with Crippen LogP contribution in [0.1, 0.15) is 40.0 Å². The Morgan fingerprint density at radius 1 is 1.38 bits per heavy atom. The zero-order chi connectivity index (χ0) is 15.8. The van der Waals surface area contributed by atoms with Gasteiger partial charge in [-0.2, -0.15) is 0 Å². The largest absolute Gasteiger partial charge is 0.453 e. The molecule has 1 unspecified atom stereocenters. The van der Waals surface area contributed by atoms with Crippen LogP contribution < -0.4 is 5.32 Å². The van der Waals surface area contributed by atoms with Crippen molar-refractivity contribution < 1.29 is 14.3 Å². The number of carbonyl (C=O) groups excluding carboxylic acids is 2. The molecule has 6 heteroatoms. The summed E-state index contributed by atoms with van der Waals surface area (Å²) in [5.74, 6) is -0.130. The minimum atomic E-state index is -0.604. The van der Waals surface area contributed by atoms with Crippen molar-refractivity contribution in [3.8, 4) is 0 Å². The number of carbonyl (C=O) groups is 2. The second-order valence-corrected chi connectivity index (χ2v) is 6.73. The van der Waals surface area contributed by atoms with Gasteiger partial charge in [-0.05, 0) is 37.5 Å². The van der Waals surface area contributed by atoms with Crippen LogP contribution in [0.3, 0.4) is 0 Å². The second-order valence-electron chi connectivity index (χ2n) is 6.73. The molecule has 6 nitrogen and oxygen atoms in total. The third-order valence-corrected chi connectivity index (χ3v) is 4.64. The molecule has 0 aromatic carbocycles. The Balaban J connectivity index is 2.15. The average Bonchev–Trinajstić information content (AvgIpc) is 3.05. The number of amides is 2. The molecule has 2 amide bonds. The van der Waals surface area contributed by atoms with Crippen LogP contribution >= 0.6 is 0 Å². The average molecular weight is 295 g/mol. The van der Waals surface area contributed by atoms with Crippen LogP contribution in [0, 0.1) is 16.7 Å². The Morgan fingerprint density at radius 3 is 2.43 bits per heavy atom. The summed E-state index contributed by atoms with van der Waals surface area (Å²) >= 11 is 0. The van der Waals surface area contributed by atoms with E-state index in [1.54, 1.807) is 11.8 Å². The first kappa shape index (κ1) is 15.8. The maximum absolute atomic E-state index is 12.8. The molecule has 2 atom stereocenters. The maximum Gasteiger partial charge on any atom is 0.407 e. The number of hydrogen-bond donors (Lipinski definition) is 2. The van der Waals surface area contributed by atoms with Crippen LogP contribution in [-0.2, 0) is 9.53 Å². The van der Waals surface area contributed by atoms with E-state index in [1.807, 2.05) is 13.8 Å². The molecule has 0 aromatic rings. The molecule has 1 saturated heterocycles. The smallest absolute Gasteiger partial charge is 0.407 e. The van der Waals surface area contributed by atoms with E-state index in [4.69, 9.17) is 5.41 Å². The fourth-order valence-electron chi connectivity index (χ4n) is 3.09. The molecule has 1 spiro atoms. The summed E-state index contributed by atoms with van der Waals surface area (Å²) in [5, 5.41) is 10.6. The summed E-state index contributed by atoms with van der Waals surface area (Å²) in [4.78, 5) is 26.1. The van der Waals surface area contributed by atoms with Crippen LogP contribution in [0.5, 0.6) is 0 Å². The maximum atomic E-state index is 12.8. The van der Waals surface area contributed by atoms with E-state index in [2.05, 4.69) is 10.1 Å². The highest BCUT2D eigenvalue weighted by Crippen LogP contribution is 2.55. The van der Waals surface area contributed by atoms with Gasteiger partial charge in [-0.15, -0.1) is 0 Å². The summed E-state index contributed by atoms with van der Waals surface area (Å²) in [5.41, 5.74) is 0.753. The molecule has 0 radical (unpaired) electrons. The normalized spacial score (nSPS) is 24.0. The molecular weight excluding hydrogens is 270 g/mol. The van der Waals surface area contributed by atoms with Crippen molar-refractivity contribution in [2.24, 2.45) is 11.3 Å². The highest BCUT2D eigenvalue weighted by molar-refractivity contribution is 5.93. The number of hydrogen-bond acceptors (Lipinski definition) is 4. The molecule has 118 valence electrons. The molecule has 1 aliphatic carbocycles. The zero-order valence-corrected chi connectivity index (χ0v) is 13.2. The van der Waals surface area contributed by atoms with Gasteiger partial charge in [-0.3, -0.25) is 4.79 Å². The summed E-state index contributed by atoms with van der Waals surface area (Å²) in [6, 6.07) is -0.728. The van der Waals surface area contributed by atoms with Crippen molar-refractivity contribution >= 4 is 17.7 Å². The van der Waals surface area contributed by atoms with E-state index in [0.717, 1.165) is 19.3 Å². The van der Waals surface area contributed by atoms with Gasteiger partial charge in [0.25, 0.3) is 0 Å². The fourth-order valence-corrected chi connectivity index (χ4v) is 3.09. The van der Waals surface area contributed by atoms with Crippen LogP contribution in [0.15, 0.2) is 0 Å². The summed E-state index contributed by atoms with van der Waals surface area (Å²) in [6.45, 7) is 6.25. The predicted octanol–water partition coefficient (Wildman–Crippen LogP) is 1.79. The van der Waals surface area contributed by atoms with Gasteiger partial charge in [0.2, 0.25) is 5.91 Å². The first-order valence-electron chi connectivity index (χ1n) is 7.50. The van der Waals surface area contributed by atoms with E-state index in [-0.39, 0.29) is 23.3 Å². The molecule has 2 aliphatic rings. The lowest BCUT2D eigenvalue weighted by Crippen LogP contribution is -2.53. The lowest BCUT2D eigenvalue weighted by molar-refractivity contribution is -0.134. The molecule has 2 fully saturated rings. The Morgan fingerprint density at radius 2 is 2.00 bits per heavy atom. The van der Waals surface area contributed by atoms with Gasteiger partial charge < -0.3 is 20.4 Å². The molecule has 21 heavy (non-hydrogen) atoms. The molecule has 2 N–H and O–H groups in total. The van der Waals surface area contributed by atoms with Crippen molar-refractivity contribution in [3.05, 3.63) is 0 Å². The van der Waals surface area contributed by atoms with Crippen LogP contribution in [0.25, 0.3) is 0 Å². The van der Waals surface area contributed by atoms with Crippen molar-refractivity contribution in [1.82, 2.24) is 10.2 Å². The van der Waals surface area contributed by atoms with Gasteiger partial charge in [0.1, 0.15) is 6.04 Å². The molecule has 0 aromatic heterocycles. The second kappa shape index (κ2) is 5.66. The Bertz CT molecular complexity index is 457. The fraction of sp³-hybridized carbons (Fsp3) is 0.800. The van der Waals surface area contributed by atoms with Gasteiger partial charge in [0, 0.05) is 12.3 Å². The standard InChI is InChI=1S/C15H25N3O3/c1-9(2)12(17-14(20)21-4)13(19)18-8-15(5-6-15)7-11(18)10(3)16/h9,11-12,16H,5-8H2,1-4H3,(H,17,20)/t11-,12?/m0/s1. The zero-order valence-electron chi connectivity index (χ0n) is 13.2. The first-order chi connectivity index (χ1) is 9.79. The molecule has 1 saturated carbocycles. The third-order valence-electron chi connectivity index (χ3n) is 4.64. The lowest BCUT2D eigenvalue weighted by Gasteiger charge is -2.30. The van der Waals surface area contributed by atoms with Gasteiger partial charge in [-0.1, -0.05) is 13.8 Å². The lowest BCUT2D eigenvalue weighted by atomic mass is 10.0. The van der Waals surface area contributed by atoms with Gasteiger partial charge in [0.05, 0.1) is 13.2 Å². The van der Waals surface area contributed by atoms with E-state index in [0.29, 0.717) is 12.3 Å². The van der Waals surface area contributed by atoms with Crippen molar-refractivity contribution in [2.75, 3.05) is 13.7 Å². The van der Waals surface area contributed by atoms with Crippen molar-refractivity contribution in [2.45, 2.75) is 52.1 Å². The summed E-state index contributed by atoms with van der Waals surface area (Å²) < 4.78 is 4.61. The third kappa shape index (κ3) is 3.19. The van der Waals surface area contributed by atoms with Gasteiger partial charge in [0.15, 0.2) is 0 Å². The molecule has 1 aliphatic heterocycles. The number of ether oxygens (including phenoxy) is 1. The Hall–Kier alpha value is -1.59. The minimum absolute atomic E-state index is 0.0287. The number of rotatable bonds is 4. The number of nitrogens with zero attached hydrogens (tertiary/aromatic N) is 1. The quantitative estimate of drug-likeness (QED) is 0.776. The highest BCUT2D eigenvalue weighted by atomic mass is 16.5. The highest BCUT2D eigenvalue weighted by Gasteiger charge is 2.54. The van der Waals surface area contributed by atoms with E-state index in [1.165, 1.54) is 7.11 Å². The van der Waals surface area contributed by atoms with Crippen LogP contribution in [0.4, 0.5) is 4.79 Å². The van der Waals surface area contributed by atoms with Crippen molar-refractivity contribution in [1.29, 1.82) is 5.41 Å². The first-order valence-corrected chi connectivity index (χ1v) is 7.50. The molecule has 0 bridgehead atoms. The van der Waals surface area contributed by atoms with E-state index >= 15 is 0 Å². The Kier molecular flexibility index (Phi) is 4.25. The predicted molar refractivity (Wildman–Crippen MR) is 79.4 cm³/mol. The van der Waals surface area contributed by atoms with Crippen molar-refractivity contribution in [3.63, 3.8) is 0 Å². The van der Waals surface area contributed by atoms with Crippen LogP contribution in [0.2, 0.25) is 0 Å². The number of alkyl carbamates (subject to hydrolysis) is 1. The number of likely N-dealkylation sites (tertiary alicyclic amines) is 1. The van der Waals surface area contributed by atoms with Gasteiger partial charge in [-0.25, -0.2) is 4.79 Å². The minimum Gasteiger partial charge on any atom is -0.453 e. The van der Waals surface area contributed by atoms with Gasteiger partial charge >= 0.3 is 6.09 Å². The van der Waals surface area contributed by atoms with E-state index < -0.39 is 12.1 Å². The molecular formula is C15H25N3O3. The van der Waals surface area contributed by atoms with Crippen LogP contribution in [-0.4, -0.2) is 48.4 Å². The topological polar surface area (TPSA) is 82.5 Å². The summed E-state index contributed by atoms with van der Waals surface area (Å²) in [6.07, 6.45) is 2.57. The molecule has 2 rings (SSSR count). The number of methoxy groups -OCH3 is 1.